The lowest BCUT2D eigenvalue weighted by Gasteiger charge is -2.35. The maximum absolute atomic E-state index is 13.1. The predicted molar refractivity (Wildman–Crippen MR) is 111 cm³/mol. The Balaban J connectivity index is 1.58. The molecule has 1 saturated heterocycles. The molecule has 0 radical (unpaired) electrons. The van der Waals surface area contributed by atoms with E-state index >= 15 is 0 Å². The van der Waals surface area contributed by atoms with E-state index in [-0.39, 0.29) is 11.8 Å². The summed E-state index contributed by atoms with van der Waals surface area (Å²) in [6.07, 6.45) is 3.62. The number of piperazine rings is 1. The number of amides is 2. The number of thioether (sulfide) groups is 1. The molecule has 0 saturated carbocycles. The van der Waals surface area contributed by atoms with E-state index in [1.807, 2.05) is 53.7 Å². The van der Waals surface area contributed by atoms with E-state index in [0.717, 1.165) is 24.5 Å². The van der Waals surface area contributed by atoms with Crippen molar-refractivity contribution in [1.29, 1.82) is 0 Å². The Kier molecular flexibility index (Phi) is 7.06. The van der Waals surface area contributed by atoms with E-state index in [9.17, 15) is 9.59 Å². The van der Waals surface area contributed by atoms with Crippen LogP contribution >= 0.6 is 11.8 Å². The molecule has 28 heavy (non-hydrogen) atoms. The summed E-state index contributed by atoms with van der Waals surface area (Å²) < 4.78 is 0. The molecule has 7 heteroatoms. The Hall–Kier alpha value is -2.38. The first kappa shape index (κ1) is 20.4. The minimum absolute atomic E-state index is 0.0389. The molecule has 1 fully saturated rings. The number of rotatable bonds is 6. The van der Waals surface area contributed by atoms with Crippen molar-refractivity contribution in [3.63, 3.8) is 0 Å². The highest BCUT2D eigenvalue weighted by molar-refractivity contribution is 8.00. The third-order valence-corrected chi connectivity index (χ3v) is 5.84. The van der Waals surface area contributed by atoms with Crippen molar-refractivity contribution in [3.05, 3.63) is 59.9 Å². The van der Waals surface area contributed by atoms with Crippen LogP contribution in [-0.2, 0) is 11.3 Å². The summed E-state index contributed by atoms with van der Waals surface area (Å²) in [6, 6.07) is 11.6. The molecule has 0 spiro atoms. The van der Waals surface area contributed by atoms with E-state index in [4.69, 9.17) is 0 Å². The molecule has 2 heterocycles. The first-order valence-corrected chi connectivity index (χ1v) is 10.4. The van der Waals surface area contributed by atoms with Crippen molar-refractivity contribution >= 4 is 23.6 Å². The molecule has 6 nitrogen and oxygen atoms in total. The van der Waals surface area contributed by atoms with Crippen molar-refractivity contribution < 1.29 is 9.59 Å². The lowest BCUT2D eigenvalue weighted by atomic mass is 10.1. The van der Waals surface area contributed by atoms with Gasteiger partial charge in [0.25, 0.3) is 5.91 Å². The Labute approximate surface area is 170 Å². The molecule has 1 aliphatic rings. The zero-order valence-corrected chi connectivity index (χ0v) is 17.2. The van der Waals surface area contributed by atoms with Gasteiger partial charge in [0.15, 0.2) is 0 Å². The highest BCUT2D eigenvalue weighted by atomic mass is 32.2. The molecule has 0 unspecified atom stereocenters. The summed E-state index contributed by atoms with van der Waals surface area (Å²) in [5.74, 6) is 0.415. The Morgan fingerprint density at radius 1 is 1.04 bits per heavy atom. The predicted octanol–water partition coefficient (Wildman–Crippen LogP) is 2.22. The fourth-order valence-electron chi connectivity index (χ4n) is 3.06. The number of aromatic nitrogens is 1. The second-order valence-electron chi connectivity index (χ2n) is 7.00. The summed E-state index contributed by atoms with van der Waals surface area (Å²) in [5.41, 5.74) is 1.92. The summed E-state index contributed by atoms with van der Waals surface area (Å²) in [6.45, 7) is 3.99. The van der Waals surface area contributed by atoms with Crippen LogP contribution in [0.4, 0.5) is 0 Å². The number of benzene rings is 1. The van der Waals surface area contributed by atoms with Gasteiger partial charge in [0.1, 0.15) is 0 Å². The van der Waals surface area contributed by atoms with Crippen LogP contribution in [0.3, 0.4) is 0 Å². The monoisotopic (exact) mass is 398 g/mol. The highest BCUT2D eigenvalue weighted by Crippen LogP contribution is 2.24. The summed E-state index contributed by atoms with van der Waals surface area (Å²) in [7, 11) is 3.48. The minimum atomic E-state index is 0.0389. The van der Waals surface area contributed by atoms with Gasteiger partial charge < -0.3 is 9.80 Å². The quantitative estimate of drug-likeness (QED) is 0.699. The van der Waals surface area contributed by atoms with Gasteiger partial charge in [0, 0.05) is 64.1 Å². The normalized spacial score (nSPS) is 14.7. The van der Waals surface area contributed by atoms with Crippen LogP contribution in [0.1, 0.15) is 15.9 Å². The van der Waals surface area contributed by atoms with Crippen molar-refractivity contribution in [1.82, 2.24) is 19.7 Å². The minimum Gasteiger partial charge on any atom is -0.348 e. The number of carbonyl (C=O) groups excluding carboxylic acids is 2. The van der Waals surface area contributed by atoms with Gasteiger partial charge in [-0.05, 0) is 29.8 Å². The molecular weight excluding hydrogens is 372 g/mol. The standard InChI is InChI=1S/C21H26N4O2S/c1-23(2)20(26)16-28-19-6-4-3-5-18(19)21(27)25-13-11-24(12-14-25)15-17-7-9-22-10-8-17/h3-10H,11-16H2,1-2H3. The number of nitrogens with zero attached hydrogens (tertiary/aromatic N) is 4. The largest absolute Gasteiger partial charge is 0.348 e. The van der Waals surface area contributed by atoms with Crippen LogP contribution in [0, 0.1) is 0 Å². The van der Waals surface area contributed by atoms with E-state index in [0.29, 0.717) is 24.4 Å². The van der Waals surface area contributed by atoms with E-state index in [2.05, 4.69) is 9.88 Å². The van der Waals surface area contributed by atoms with Gasteiger partial charge in [-0.15, -0.1) is 11.8 Å². The molecule has 2 aromatic rings. The molecule has 0 bridgehead atoms. The molecule has 1 aliphatic heterocycles. The molecule has 1 aromatic carbocycles. The van der Waals surface area contributed by atoms with Gasteiger partial charge >= 0.3 is 0 Å². The maximum atomic E-state index is 13.1. The van der Waals surface area contributed by atoms with Crippen LogP contribution in [0.25, 0.3) is 0 Å². The maximum Gasteiger partial charge on any atom is 0.255 e. The Morgan fingerprint density at radius 3 is 2.39 bits per heavy atom. The van der Waals surface area contributed by atoms with Crippen molar-refractivity contribution in [2.45, 2.75) is 11.4 Å². The zero-order chi connectivity index (χ0) is 19.9. The SMILES string of the molecule is CN(C)C(=O)CSc1ccccc1C(=O)N1CCN(Cc2ccncc2)CC1. The number of hydrogen-bond donors (Lipinski definition) is 0. The molecule has 0 aliphatic carbocycles. The highest BCUT2D eigenvalue weighted by Gasteiger charge is 2.24. The van der Waals surface area contributed by atoms with E-state index in [1.54, 1.807) is 19.0 Å². The molecular formula is C21H26N4O2S. The third kappa shape index (κ3) is 5.33. The first-order chi connectivity index (χ1) is 13.5. The lowest BCUT2D eigenvalue weighted by Crippen LogP contribution is -2.48. The number of pyridine rings is 1. The van der Waals surface area contributed by atoms with Crippen LogP contribution < -0.4 is 0 Å². The number of carbonyl (C=O) groups is 2. The van der Waals surface area contributed by atoms with Gasteiger partial charge in [-0.1, -0.05) is 12.1 Å². The van der Waals surface area contributed by atoms with Crippen LogP contribution in [0.2, 0.25) is 0 Å². The third-order valence-electron chi connectivity index (χ3n) is 4.78. The average Bonchev–Trinajstić information content (AvgIpc) is 2.73. The topological polar surface area (TPSA) is 56.8 Å². The van der Waals surface area contributed by atoms with Gasteiger partial charge in [0.05, 0.1) is 11.3 Å². The molecule has 3 rings (SSSR count). The van der Waals surface area contributed by atoms with Gasteiger partial charge in [-0.25, -0.2) is 0 Å². The lowest BCUT2D eigenvalue weighted by molar-refractivity contribution is -0.125. The van der Waals surface area contributed by atoms with Crippen LogP contribution in [-0.4, -0.2) is 77.5 Å². The zero-order valence-electron chi connectivity index (χ0n) is 16.4. The van der Waals surface area contributed by atoms with Gasteiger partial charge in [-0.2, -0.15) is 0 Å². The fourth-order valence-corrected chi connectivity index (χ4v) is 4.09. The second kappa shape index (κ2) is 9.71. The molecule has 0 N–H and O–H groups in total. The Bertz CT molecular complexity index is 805. The first-order valence-electron chi connectivity index (χ1n) is 9.37. The van der Waals surface area contributed by atoms with Crippen molar-refractivity contribution in [3.8, 4) is 0 Å². The van der Waals surface area contributed by atoms with Crippen molar-refractivity contribution in [2.75, 3.05) is 46.0 Å². The summed E-state index contributed by atoms with van der Waals surface area (Å²) in [5, 5.41) is 0. The van der Waals surface area contributed by atoms with Gasteiger partial charge in [-0.3, -0.25) is 19.5 Å². The van der Waals surface area contributed by atoms with Gasteiger partial charge in [0.2, 0.25) is 5.91 Å². The van der Waals surface area contributed by atoms with E-state index < -0.39 is 0 Å². The van der Waals surface area contributed by atoms with E-state index in [1.165, 1.54) is 17.3 Å². The fraction of sp³-hybridized carbons (Fsp3) is 0.381. The second-order valence-corrected chi connectivity index (χ2v) is 8.01. The van der Waals surface area contributed by atoms with Crippen LogP contribution in [0.15, 0.2) is 53.7 Å². The summed E-state index contributed by atoms with van der Waals surface area (Å²) >= 11 is 1.42. The molecule has 2 amide bonds. The molecule has 1 aromatic heterocycles. The Morgan fingerprint density at radius 2 is 1.71 bits per heavy atom. The average molecular weight is 399 g/mol. The number of hydrogen-bond acceptors (Lipinski definition) is 5. The molecule has 148 valence electrons. The smallest absolute Gasteiger partial charge is 0.255 e. The summed E-state index contributed by atoms with van der Waals surface area (Å²) in [4.78, 5) is 35.7. The van der Waals surface area contributed by atoms with Crippen LogP contribution in [0.5, 0.6) is 0 Å². The van der Waals surface area contributed by atoms with Crippen molar-refractivity contribution in [2.24, 2.45) is 0 Å². The molecule has 0 atom stereocenters.